The van der Waals surface area contributed by atoms with Crippen molar-refractivity contribution in [1.82, 2.24) is 5.32 Å². The van der Waals surface area contributed by atoms with Gasteiger partial charge in [-0.2, -0.15) is 0 Å². The van der Waals surface area contributed by atoms with Gasteiger partial charge in [0.1, 0.15) is 5.75 Å². The Kier molecular flexibility index (Phi) is 7.66. The Hall–Kier alpha value is -1.02. The predicted molar refractivity (Wildman–Crippen MR) is 90.0 cm³/mol. The molecule has 1 fully saturated rings. The summed E-state index contributed by atoms with van der Waals surface area (Å²) in [5.41, 5.74) is 1.42. The Balaban J connectivity index is 1.45. The molecule has 1 aromatic carbocycles. The Labute approximate surface area is 130 Å². The third-order valence-corrected chi connectivity index (χ3v) is 4.09. The maximum absolute atomic E-state index is 5.80. The molecule has 0 bridgehead atoms. The minimum atomic E-state index is 0.852. The molecule has 1 saturated carbocycles. The number of hydrogen-bond donors (Lipinski definition) is 1. The summed E-state index contributed by atoms with van der Waals surface area (Å²) in [6.45, 7) is 4.29. The first-order valence-corrected chi connectivity index (χ1v) is 8.83. The highest BCUT2D eigenvalue weighted by Crippen LogP contribution is 2.18. The van der Waals surface area contributed by atoms with Crippen LogP contribution in [-0.4, -0.2) is 19.2 Å². The van der Waals surface area contributed by atoms with Crippen molar-refractivity contribution in [2.24, 2.45) is 0 Å². The minimum Gasteiger partial charge on any atom is -0.494 e. The van der Waals surface area contributed by atoms with Crippen LogP contribution in [0.2, 0.25) is 0 Å². The molecule has 1 aromatic rings. The molecule has 0 unspecified atom stereocenters. The van der Waals surface area contributed by atoms with Crippen molar-refractivity contribution in [3.8, 4) is 5.75 Å². The number of nitrogens with one attached hydrogen (secondary N) is 1. The fourth-order valence-corrected chi connectivity index (χ4v) is 2.50. The van der Waals surface area contributed by atoms with Crippen LogP contribution in [-0.2, 0) is 6.42 Å². The quantitative estimate of drug-likeness (QED) is 0.562. The molecule has 2 nitrogen and oxygen atoms in total. The third kappa shape index (κ3) is 7.52. The van der Waals surface area contributed by atoms with Crippen LogP contribution in [0, 0.1) is 0 Å². The lowest BCUT2D eigenvalue weighted by Crippen LogP contribution is -2.17. The first kappa shape index (κ1) is 16.4. The molecule has 1 aliphatic rings. The van der Waals surface area contributed by atoms with Crippen LogP contribution in [0.5, 0.6) is 5.75 Å². The van der Waals surface area contributed by atoms with Crippen LogP contribution >= 0.6 is 0 Å². The molecular weight excluding hydrogens is 258 g/mol. The van der Waals surface area contributed by atoms with E-state index in [0.717, 1.165) is 18.4 Å². The van der Waals surface area contributed by atoms with Crippen molar-refractivity contribution in [1.29, 1.82) is 0 Å². The van der Waals surface area contributed by atoms with Crippen molar-refractivity contribution >= 4 is 0 Å². The second-order valence-corrected chi connectivity index (χ2v) is 6.24. The summed E-state index contributed by atoms with van der Waals surface area (Å²) >= 11 is 0. The van der Waals surface area contributed by atoms with E-state index in [0.29, 0.717) is 0 Å². The van der Waals surface area contributed by atoms with Gasteiger partial charge in [-0.1, -0.05) is 38.3 Å². The fourth-order valence-electron chi connectivity index (χ4n) is 2.50. The van der Waals surface area contributed by atoms with Gasteiger partial charge in [0.15, 0.2) is 0 Å². The molecule has 1 aliphatic carbocycles. The summed E-state index contributed by atoms with van der Waals surface area (Å²) in [6.07, 6.45) is 11.6. The van der Waals surface area contributed by atoms with Crippen molar-refractivity contribution in [3.05, 3.63) is 29.8 Å². The molecule has 0 amide bonds. The number of unbranched alkanes of at least 4 members (excludes halogenated alkanes) is 4. The number of benzene rings is 1. The molecule has 118 valence electrons. The number of aryl methyl sites for hydroxylation is 1. The lowest BCUT2D eigenvalue weighted by molar-refractivity contribution is 0.304. The molecule has 0 heterocycles. The van der Waals surface area contributed by atoms with E-state index in [1.165, 1.54) is 69.9 Å². The van der Waals surface area contributed by atoms with Crippen molar-refractivity contribution in [3.63, 3.8) is 0 Å². The SMILES string of the molecule is CCCCc1ccc(OCCCCCCNC2CC2)cc1. The van der Waals surface area contributed by atoms with Crippen LogP contribution in [0.15, 0.2) is 24.3 Å². The lowest BCUT2D eigenvalue weighted by Gasteiger charge is -2.07. The van der Waals surface area contributed by atoms with E-state index in [-0.39, 0.29) is 0 Å². The van der Waals surface area contributed by atoms with Crippen molar-refractivity contribution in [2.75, 3.05) is 13.2 Å². The van der Waals surface area contributed by atoms with Crippen molar-refractivity contribution in [2.45, 2.75) is 70.8 Å². The first-order valence-electron chi connectivity index (χ1n) is 8.83. The normalized spacial score (nSPS) is 14.3. The molecular formula is C19H31NO. The number of hydrogen-bond acceptors (Lipinski definition) is 2. The molecule has 0 aromatic heterocycles. The highest BCUT2D eigenvalue weighted by Gasteiger charge is 2.19. The molecule has 0 aliphatic heterocycles. The van der Waals surface area contributed by atoms with Crippen LogP contribution in [0.3, 0.4) is 0 Å². The third-order valence-electron chi connectivity index (χ3n) is 4.09. The van der Waals surface area contributed by atoms with Gasteiger partial charge in [-0.25, -0.2) is 0 Å². The fraction of sp³-hybridized carbons (Fsp3) is 0.684. The van der Waals surface area contributed by atoms with Gasteiger partial charge in [0.05, 0.1) is 6.61 Å². The van der Waals surface area contributed by atoms with E-state index in [1.807, 2.05) is 0 Å². The largest absolute Gasteiger partial charge is 0.494 e. The van der Waals surface area contributed by atoms with Gasteiger partial charge in [0, 0.05) is 6.04 Å². The van der Waals surface area contributed by atoms with Gasteiger partial charge in [-0.3, -0.25) is 0 Å². The summed E-state index contributed by atoms with van der Waals surface area (Å²) in [5.74, 6) is 1.02. The molecule has 1 N–H and O–H groups in total. The van der Waals surface area contributed by atoms with Gasteiger partial charge >= 0.3 is 0 Å². The number of ether oxygens (including phenoxy) is 1. The molecule has 21 heavy (non-hydrogen) atoms. The number of rotatable bonds is 12. The maximum atomic E-state index is 5.80. The average Bonchev–Trinajstić information content (AvgIpc) is 3.33. The van der Waals surface area contributed by atoms with Gasteiger partial charge in [-0.15, -0.1) is 0 Å². The average molecular weight is 289 g/mol. The van der Waals surface area contributed by atoms with E-state index in [9.17, 15) is 0 Å². The molecule has 2 heteroatoms. The standard InChI is InChI=1S/C19H31NO/c1-2-3-8-17-9-13-19(14-10-17)21-16-7-5-4-6-15-20-18-11-12-18/h9-10,13-14,18,20H,2-8,11-12,15-16H2,1H3. The van der Waals surface area contributed by atoms with Gasteiger partial charge < -0.3 is 10.1 Å². The van der Waals surface area contributed by atoms with E-state index in [2.05, 4.69) is 36.5 Å². The van der Waals surface area contributed by atoms with E-state index < -0.39 is 0 Å². The molecule has 0 radical (unpaired) electrons. The zero-order valence-electron chi connectivity index (χ0n) is 13.6. The van der Waals surface area contributed by atoms with Gasteiger partial charge in [0.25, 0.3) is 0 Å². The maximum Gasteiger partial charge on any atom is 0.119 e. The second kappa shape index (κ2) is 9.83. The van der Waals surface area contributed by atoms with Crippen LogP contribution in [0.1, 0.15) is 63.9 Å². The summed E-state index contributed by atoms with van der Waals surface area (Å²) < 4.78 is 5.80. The second-order valence-electron chi connectivity index (χ2n) is 6.24. The van der Waals surface area contributed by atoms with Crippen LogP contribution in [0.4, 0.5) is 0 Å². The summed E-state index contributed by atoms with van der Waals surface area (Å²) in [6, 6.07) is 9.49. The van der Waals surface area contributed by atoms with E-state index >= 15 is 0 Å². The van der Waals surface area contributed by atoms with Crippen molar-refractivity contribution < 1.29 is 4.74 Å². The lowest BCUT2D eigenvalue weighted by atomic mass is 10.1. The Bertz CT molecular complexity index is 370. The zero-order valence-corrected chi connectivity index (χ0v) is 13.6. The zero-order chi connectivity index (χ0) is 14.8. The van der Waals surface area contributed by atoms with Crippen LogP contribution < -0.4 is 10.1 Å². The van der Waals surface area contributed by atoms with E-state index in [1.54, 1.807) is 0 Å². The molecule has 0 saturated heterocycles. The molecule has 0 atom stereocenters. The smallest absolute Gasteiger partial charge is 0.119 e. The monoisotopic (exact) mass is 289 g/mol. The Morgan fingerprint density at radius 2 is 1.76 bits per heavy atom. The minimum absolute atomic E-state index is 0.852. The molecule has 0 spiro atoms. The summed E-state index contributed by atoms with van der Waals surface area (Å²) in [4.78, 5) is 0. The topological polar surface area (TPSA) is 21.3 Å². The van der Waals surface area contributed by atoms with Crippen LogP contribution in [0.25, 0.3) is 0 Å². The van der Waals surface area contributed by atoms with Gasteiger partial charge in [-0.05, 0) is 62.8 Å². The highest BCUT2D eigenvalue weighted by molar-refractivity contribution is 5.27. The van der Waals surface area contributed by atoms with E-state index in [4.69, 9.17) is 4.74 Å². The summed E-state index contributed by atoms with van der Waals surface area (Å²) in [7, 11) is 0. The predicted octanol–water partition coefficient (Wildman–Crippen LogP) is 4.72. The molecule has 2 rings (SSSR count). The highest BCUT2D eigenvalue weighted by atomic mass is 16.5. The summed E-state index contributed by atoms with van der Waals surface area (Å²) in [5, 5.41) is 3.56. The Morgan fingerprint density at radius 3 is 2.48 bits per heavy atom. The first-order chi connectivity index (χ1) is 10.4. The van der Waals surface area contributed by atoms with Gasteiger partial charge in [0.2, 0.25) is 0 Å². The Morgan fingerprint density at radius 1 is 1.00 bits per heavy atom.